The van der Waals surface area contributed by atoms with E-state index in [1.54, 1.807) is 0 Å². The van der Waals surface area contributed by atoms with E-state index >= 15 is 0 Å². The summed E-state index contributed by atoms with van der Waals surface area (Å²) in [5.41, 5.74) is 7.70. The summed E-state index contributed by atoms with van der Waals surface area (Å²) < 4.78 is 12.7. The third kappa shape index (κ3) is 3.97. The highest BCUT2D eigenvalue weighted by molar-refractivity contribution is 6.14. The molecule has 2 atom stereocenters. The van der Waals surface area contributed by atoms with Gasteiger partial charge in [-0.1, -0.05) is 109 Å². The van der Waals surface area contributed by atoms with Gasteiger partial charge in [0.15, 0.2) is 17.5 Å². The molecule has 2 aromatic heterocycles. The number of fused-ring (bicyclic) bond motifs is 6. The smallest absolute Gasteiger partial charge is 0.164 e. The van der Waals surface area contributed by atoms with Crippen LogP contribution >= 0.6 is 0 Å². The van der Waals surface area contributed by atoms with E-state index in [9.17, 15) is 0 Å². The van der Waals surface area contributed by atoms with Crippen molar-refractivity contribution in [1.29, 1.82) is 0 Å². The minimum atomic E-state index is 0.0202. The average Bonchev–Trinajstić information content (AvgIpc) is 3.67. The zero-order valence-corrected chi connectivity index (χ0v) is 23.6. The van der Waals surface area contributed by atoms with E-state index < -0.39 is 0 Å². The Hall–Kier alpha value is -5.81. The third-order valence-electron chi connectivity index (χ3n) is 8.49. The van der Waals surface area contributed by atoms with Crippen molar-refractivity contribution in [1.82, 2.24) is 15.0 Å². The Morgan fingerprint density at radius 3 is 2.09 bits per heavy atom. The van der Waals surface area contributed by atoms with Crippen molar-refractivity contribution in [3.63, 3.8) is 0 Å². The van der Waals surface area contributed by atoms with Crippen LogP contribution in [0.5, 0.6) is 5.75 Å². The second kappa shape index (κ2) is 9.89. The van der Waals surface area contributed by atoms with E-state index in [0.29, 0.717) is 17.5 Å². The van der Waals surface area contributed by atoms with E-state index in [0.717, 1.165) is 61.1 Å². The predicted octanol–water partition coefficient (Wildman–Crippen LogP) is 9.41. The van der Waals surface area contributed by atoms with Crippen molar-refractivity contribution in [3.8, 4) is 51.0 Å². The largest absolute Gasteiger partial charge is 0.485 e. The first-order chi connectivity index (χ1) is 21.8. The van der Waals surface area contributed by atoms with Gasteiger partial charge in [-0.15, -0.1) is 0 Å². The van der Waals surface area contributed by atoms with Crippen molar-refractivity contribution in [2.45, 2.75) is 12.0 Å². The predicted molar refractivity (Wildman–Crippen MR) is 174 cm³/mol. The Morgan fingerprint density at radius 1 is 0.545 bits per heavy atom. The van der Waals surface area contributed by atoms with E-state index in [1.807, 2.05) is 78.9 Å². The molecule has 0 amide bonds. The first-order valence-electron chi connectivity index (χ1n) is 14.8. The van der Waals surface area contributed by atoms with Crippen LogP contribution in [0.2, 0.25) is 0 Å². The summed E-state index contributed by atoms with van der Waals surface area (Å²) in [6.07, 6.45) is 8.45. The Bertz CT molecular complexity index is 2270. The maximum atomic E-state index is 6.53. The summed E-state index contributed by atoms with van der Waals surface area (Å²) in [5.74, 6) is 2.92. The number of para-hydroxylation sites is 1. The number of benzene rings is 5. The number of nitrogens with zero attached hydrogens (tertiary/aromatic N) is 3. The molecular weight excluding hydrogens is 542 g/mol. The van der Waals surface area contributed by atoms with Crippen molar-refractivity contribution in [2.75, 3.05) is 0 Å². The molecule has 3 heterocycles. The van der Waals surface area contributed by atoms with Gasteiger partial charge >= 0.3 is 0 Å². The fourth-order valence-corrected chi connectivity index (χ4v) is 6.40. The molecule has 2 aliphatic rings. The second-order valence-electron chi connectivity index (χ2n) is 11.1. The third-order valence-corrected chi connectivity index (χ3v) is 8.49. The van der Waals surface area contributed by atoms with Gasteiger partial charge in [0.05, 0.1) is 0 Å². The van der Waals surface area contributed by atoms with E-state index in [4.69, 9.17) is 24.1 Å². The van der Waals surface area contributed by atoms with Gasteiger partial charge in [0.2, 0.25) is 0 Å². The molecule has 2 unspecified atom stereocenters. The lowest BCUT2D eigenvalue weighted by Gasteiger charge is -2.14. The van der Waals surface area contributed by atoms with Crippen LogP contribution in [0.15, 0.2) is 144 Å². The lowest BCUT2D eigenvalue weighted by molar-refractivity contribution is 0.269. The summed E-state index contributed by atoms with van der Waals surface area (Å²) >= 11 is 0. The number of aromatic nitrogens is 3. The minimum Gasteiger partial charge on any atom is -0.485 e. The summed E-state index contributed by atoms with van der Waals surface area (Å²) in [6.45, 7) is 0. The number of hydrogen-bond donors (Lipinski definition) is 0. The molecule has 7 aromatic rings. The van der Waals surface area contributed by atoms with Gasteiger partial charge in [-0.05, 0) is 35.9 Å². The molecule has 44 heavy (non-hydrogen) atoms. The molecule has 5 nitrogen and oxygen atoms in total. The summed E-state index contributed by atoms with van der Waals surface area (Å²) in [7, 11) is 0. The molecule has 0 N–H and O–H groups in total. The Labute approximate surface area is 253 Å². The highest BCUT2D eigenvalue weighted by Gasteiger charge is 2.32. The average molecular weight is 568 g/mol. The molecule has 1 aliphatic heterocycles. The second-order valence-corrected chi connectivity index (χ2v) is 11.1. The van der Waals surface area contributed by atoms with Gasteiger partial charge in [0, 0.05) is 44.5 Å². The van der Waals surface area contributed by atoms with Gasteiger partial charge in [-0.3, -0.25) is 0 Å². The van der Waals surface area contributed by atoms with Crippen LogP contribution in [0.1, 0.15) is 11.5 Å². The van der Waals surface area contributed by atoms with Crippen LogP contribution in [0.3, 0.4) is 0 Å². The van der Waals surface area contributed by atoms with Crippen LogP contribution in [0, 0.1) is 0 Å². The maximum Gasteiger partial charge on any atom is 0.164 e. The molecule has 0 spiro atoms. The number of rotatable bonds is 4. The summed E-state index contributed by atoms with van der Waals surface area (Å²) in [5, 5.41) is 2.01. The molecule has 9 rings (SSSR count). The van der Waals surface area contributed by atoms with Gasteiger partial charge in [-0.25, -0.2) is 15.0 Å². The zero-order valence-electron chi connectivity index (χ0n) is 23.6. The van der Waals surface area contributed by atoms with Gasteiger partial charge < -0.3 is 9.15 Å². The van der Waals surface area contributed by atoms with Crippen molar-refractivity contribution in [3.05, 3.63) is 145 Å². The molecule has 1 aliphatic carbocycles. The fourth-order valence-electron chi connectivity index (χ4n) is 6.40. The van der Waals surface area contributed by atoms with Crippen LogP contribution in [0.4, 0.5) is 0 Å². The highest BCUT2D eigenvalue weighted by atomic mass is 16.5. The number of hydrogen-bond acceptors (Lipinski definition) is 5. The first kappa shape index (κ1) is 24.8. The van der Waals surface area contributed by atoms with Gasteiger partial charge in [0.25, 0.3) is 0 Å². The lowest BCUT2D eigenvalue weighted by Crippen LogP contribution is -2.15. The van der Waals surface area contributed by atoms with Crippen LogP contribution in [0.25, 0.3) is 67.2 Å². The Morgan fingerprint density at radius 2 is 1.25 bits per heavy atom. The number of ether oxygens (including phenoxy) is 1. The van der Waals surface area contributed by atoms with Crippen LogP contribution in [-0.2, 0) is 0 Å². The monoisotopic (exact) mass is 567 g/mol. The molecule has 0 bridgehead atoms. The van der Waals surface area contributed by atoms with Crippen molar-refractivity contribution in [2.24, 2.45) is 0 Å². The maximum absolute atomic E-state index is 6.53. The fraction of sp³-hybridized carbons (Fsp3) is 0.0513. The molecular formula is C39H25N3O2. The zero-order chi connectivity index (χ0) is 29.0. The Kier molecular flexibility index (Phi) is 5.56. The lowest BCUT2D eigenvalue weighted by atomic mass is 9.91. The Balaban J connectivity index is 1.25. The molecule has 0 radical (unpaired) electrons. The standard InChI is InChI=1S/C39H25N3O2/c1-3-11-24(12-4-1)27-16-9-17-29-35-30(18-10-20-34(35)44-36(27)29)39-41-37(25-13-5-2-6-14-25)40-38(42-39)26-21-22-33-31(23-26)28-15-7-8-19-32(28)43-33/h1-23,28,32H. The number of furan rings is 1. The molecule has 208 valence electrons. The van der Waals surface area contributed by atoms with Crippen LogP contribution < -0.4 is 4.74 Å². The molecule has 0 saturated carbocycles. The topological polar surface area (TPSA) is 61.0 Å². The molecule has 5 heteroatoms. The SMILES string of the molecule is C1=CC2Oc3ccc(-c4nc(-c5ccccc5)nc(-c5cccc6oc7c(-c8ccccc8)cccc7c56)n4)cc3C2C=C1. The minimum absolute atomic E-state index is 0.0202. The van der Waals surface area contributed by atoms with Crippen LogP contribution in [-0.4, -0.2) is 21.1 Å². The first-order valence-corrected chi connectivity index (χ1v) is 14.8. The van der Waals surface area contributed by atoms with Crippen molar-refractivity contribution >= 4 is 21.9 Å². The summed E-state index contributed by atoms with van der Waals surface area (Å²) in [4.78, 5) is 15.1. The van der Waals surface area contributed by atoms with E-state index in [1.165, 1.54) is 0 Å². The van der Waals surface area contributed by atoms with Gasteiger partial charge in [-0.2, -0.15) is 0 Å². The molecule has 5 aromatic carbocycles. The van der Waals surface area contributed by atoms with E-state index in [-0.39, 0.29) is 12.0 Å². The van der Waals surface area contributed by atoms with Gasteiger partial charge in [0.1, 0.15) is 23.0 Å². The van der Waals surface area contributed by atoms with E-state index in [2.05, 4.69) is 60.7 Å². The number of allylic oxidation sites excluding steroid dienone is 2. The molecule has 0 saturated heterocycles. The highest BCUT2D eigenvalue weighted by Crippen LogP contribution is 2.43. The van der Waals surface area contributed by atoms with Crippen molar-refractivity contribution < 1.29 is 9.15 Å². The summed E-state index contributed by atoms with van der Waals surface area (Å²) in [6, 6.07) is 39.0. The normalized spacial score (nSPS) is 16.6. The molecule has 0 fully saturated rings. The quantitative estimate of drug-likeness (QED) is 0.212.